The standard InChI is InChI=1S/C13H16N2S/c1-2-3-9-16-12-6-4-5-10-11(14)7-8-15-13(10)12/h4-8H,2-3,9H2,1H3,(H2,14,15). The van der Waals surface area contributed by atoms with Gasteiger partial charge in [0.2, 0.25) is 0 Å². The minimum Gasteiger partial charge on any atom is -0.398 e. The molecule has 0 radical (unpaired) electrons. The first-order chi connectivity index (χ1) is 7.83. The molecule has 0 saturated carbocycles. The van der Waals surface area contributed by atoms with Crippen molar-refractivity contribution >= 4 is 28.4 Å². The average molecular weight is 232 g/mol. The molecule has 2 N–H and O–H groups in total. The van der Waals surface area contributed by atoms with Crippen molar-refractivity contribution in [2.45, 2.75) is 24.7 Å². The second kappa shape index (κ2) is 5.21. The van der Waals surface area contributed by atoms with Crippen LogP contribution in [0.5, 0.6) is 0 Å². The normalized spacial score (nSPS) is 10.8. The maximum absolute atomic E-state index is 5.93. The van der Waals surface area contributed by atoms with Gasteiger partial charge in [0.15, 0.2) is 0 Å². The van der Waals surface area contributed by atoms with Crippen LogP contribution < -0.4 is 5.73 Å². The number of nitrogen functional groups attached to an aromatic ring is 1. The topological polar surface area (TPSA) is 38.9 Å². The van der Waals surface area contributed by atoms with E-state index in [0.717, 1.165) is 22.3 Å². The molecule has 0 aliphatic carbocycles. The summed E-state index contributed by atoms with van der Waals surface area (Å²) in [6.45, 7) is 2.21. The summed E-state index contributed by atoms with van der Waals surface area (Å²) in [5.74, 6) is 1.14. The molecule has 0 fully saturated rings. The highest BCUT2D eigenvalue weighted by Crippen LogP contribution is 2.29. The van der Waals surface area contributed by atoms with Crippen molar-refractivity contribution in [2.24, 2.45) is 0 Å². The molecule has 0 unspecified atom stereocenters. The molecule has 2 nitrogen and oxygen atoms in total. The maximum atomic E-state index is 5.93. The lowest BCUT2D eigenvalue weighted by Gasteiger charge is -2.06. The highest BCUT2D eigenvalue weighted by Gasteiger charge is 2.04. The number of thioether (sulfide) groups is 1. The summed E-state index contributed by atoms with van der Waals surface area (Å²) < 4.78 is 0. The van der Waals surface area contributed by atoms with Crippen molar-refractivity contribution in [2.75, 3.05) is 11.5 Å². The molecule has 2 rings (SSSR count). The van der Waals surface area contributed by atoms with Crippen molar-refractivity contribution in [3.63, 3.8) is 0 Å². The zero-order chi connectivity index (χ0) is 11.4. The van der Waals surface area contributed by atoms with E-state index in [4.69, 9.17) is 5.73 Å². The molecule has 0 atom stereocenters. The Kier molecular flexibility index (Phi) is 3.67. The third-order valence-electron chi connectivity index (χ3n) is 2.52. The molecule has 0 amide bonds. The second-order valence-electron chi connectivity index (χ2n) is 3.75. The van der Waals surface area contributed by atoms with Gasteiger partial charge < -0.3 is 5.73 Å². The molecule has 1 aromatic heterocycles. The number of aromatic nitrogens is 1. The summed E-state index contributed by atoms with van der Waals surface area (Å²) in [5, 5.41) is 1.06. The van der Waals surface area contributed by atoms with Gasteiger partial charge in [0, 0.05) is 22.2 Å². The molecule has 16 heavy (non-hydrogen) atoms. The number of nitrogens with zero attached hydrogens (tertiary/aromatic N) is 1. The van der Waals surface area contributed by atoms with Crippen molar-refractivity contribution < 1.29 is 0 Å². The predicted molar refractivity (Wildman–Crippen MR) is 71.8 cm³/mol. The molecular formula is C13H16N2S. The fourth-order valence-electron chi connectivity index (χ4n) is 1.61. The first-order valence-corrected chi connectivity index (χ1v) is 6.57. The van der Waals surface area contributed by atoms with Crippen molar-refractivity contribution in [3.8, 4) is 0 Å². The van der Waals surface area contributed by atoms with Crippen LogP contribution in [0.1, 0.15) is 19.8 Å². The van der Waals surface area contributed by atoms with Gasteiger partial charge >= 0.3 is 0 Å². The van der Waals surface area contributed by atoms with Crippen LogP contribution in [0.2, 0.25) is 0 Å². The number of fused-ring (bicyclic) bond motifs is 1. The zero-order valence-corrected chi connectivity index (χ0v) is 10.3. The molecule has 0 saturated heterocycles. The van der Waals surface area contributed by atoms with Crippen molar-refractivity contribution in [1.29, 1.82) is 0 Å². The van der Waals surface area contributed by atoms with Gasteiger partial charge in [-0.05, 0) is 24.3 Å². The summed E-state index contributed by atoms with van der Waals surface area (Å²) in [4.78, 5) is 5.65. The van der Waals surface area contributed by atoms with Gasteiger partial charge in [0.1, 0.15) is 0 Å². The van der Waals surface area contributed by atoms with Crippen molar-refractivity contribution in [3.05, 3.63) is 30.5 Å². The summed E-state index contributed by atoms with van der Waals surface area (Å²) in [6, 6.07) is 8.05. The third kappa shape index (κ3) is 2.30. The van der Waals surface area contributed by atoms with E-state index < -0.39 is 0 Å². The average Bonchev–Trinajstić information content (AvgIpc) is 2.31. The lowest BCUT2D eigenvalue weighted by atomic mass is 10.2. The number of nitrogens with two attached hydrogens (primary N) is 1. The fraction of sp³-hybridized carbons (Fsp3) is 0.308. The maximum Gasteiger partial charge on any atom is 0.0858 e. The summed E-state index contributed by atoms with van der Waals surface area (Å²) in [6.07, 6.45) is 4.25. The molecule has 0 spiro atoms. The summed E-state index contributed by atoms with van der Waals surface area (Å²) in [7, 11) is 0. The van der Waals surface area contributed by atoms with Crippen LogP contribution in [0.15, 0.2) is 35.4 Å². The Hall–Kier alpha value is -1.22. The van der Waals surface area contributed by atoms with E-state index in [1.807, 2.05) is 23.9 Å². The molecule has 0 bridgehead atoms. The quantitative estimate of drug-likeness (QED) is 0.645. The fourth-order valence-corrected chi connectivity index (χ4v) is 2.74. The Balaban J connectivity index is 2.34. The van der Waals surface area contributed by atoms with Crippen LogP contribution in [0.4, 0.5) is 5.69 Å². The van der Waals surface area contributed by atoms with Gasteiger partial charge in [-0.2, -0.15) is 0 Å². The van der Waals surface area contributed by atoms with E-state index >= 15 is 0 Å². The first-order valence-electron chi connectivity index (χ1n) is 5.59. The van der Waals surface area contributed by atoms with Gasteiger partial charge in [0.05, 0.1) is 5.52 Å². The molecular weight excluding hydrogens is 216 g/mol. The van der Waals surface area contributed by atoms with E-state index in [-0.39, 0.29) is 0 Å². The lowest BCUT2D eigenvalue weighted by Crippen LogP contribution is -1.90. The first kappa shape index (κ1) is 11.3. The number of hydrogen-bond acceptors (Lipinski definition) is 3. The number of para-hydroxylation sites is 1. The van der Waals surface area contributed by atoms with E-state index in [1.165, 1.54) is 17.7 Å². The Morgan fingerprint density at radius 2 is 2.19 bits per heavy atom. The molecule has 0 aliphatic heterocycles. The minimum absolute atomic E-state index is 0.808. The monoisotopic (exact) mass is 232 g/mol. The summed E-state index contributed by atoms with van der Waals surface area (Å²) in [5.41, 5.74) is 7.77. The number of hydrogen-bond donors (Lipinski definition) is 1. The Bertz CT molecular complexity index is 482. The van der Waals surface area contributed by atoms with Crippen LogP contribution in [0, 0.1) is 0 Å². The van der Waals surface area contributed by atoms with Gasteiger partial charge in [-0.15, -0.1) is 11.8 Å². The molecule has 84 valence electrons. The van der Waals surface area contributed by atoms with E-state index in [1.54, 1.807) is 6.20 Å². The number of pyridine rings is 1. The van der Waals surface area contributed by atoms with E-state index in [2.05, 4.69) is 24.0 Å². The number of anilines is 1. The Morgan fingerprint density at radius 3 is 3.00 bits per heavy atom. The van der Waals surface area contributed by atoms with Gasteiger partial charge in [-0.25, -0.2) is 0 Å². The highest BCUT2D eigenvalue weighted by molar-refractivity contribution is 7.99. The smallest absolute Gasteiger partial charge is 0.0858 e. The summed E-state index contributed by atoms with van der Waals surface area (Å²) >= 11 is 1.87. The molecule has 2 aromatic rings. The largest absolute Gasteiger partial charge is 0.398 e. The molecule has 3 heteroatoms. The van der Waals surface area contributed by atoms with E-state index in [9.17, 15) is 0 Å². The lowest BCUT2D eigenvalue weighted by molar-refractivity contribution is 0.896. The third-order valence-corrected chi connectivity index (χ3v) is 3.66. The van der Waals surface area contributed by atoms with Gasteiger partial charge in [-0.3, -0.25) is 4.98 Å². The number of rotatable bonds is 4. The van der Waals surface area contributed by atoms with Crippen molar-refractivity contribution in [1.82, 2.24) is 4.98 Å². The molecule has 0 aliphatic rings. The SMILES string of the molecule is CCCCSc1cccc2c(N)ccnc12. The van der Waals surface area contributed by atoms with Crippen LogP contribution in [-0.4, -0.2) is 10.7 Å². The van der Waals surface area contributed by atoms with Crippen LogP contribution in [0.25, 0.3) is 10.9 Å². The molecule has 1 aromatic carbocycles. The molecule has 1 heterocycles. The zero-order valence-electron chi connectivity index (χ0n) is 9.44. The van der Waals surface area contributed by atoms with Gasteiger partial charge in [0.25, 0.3) is 0 Å². The second-order valence-corrected chi connectivity index (χ2v) is 4.89. The Labute approximate surface area is 100 Å². The van der Waals surface area contributed by atoms with Crippen LogP contribution in [0.3, 0.4) is 0 Å². The highest BCUT2D eigenvalue weighted by atomic mass is 32.2. The number of benzene rings is 1. The van der Waals surface area contributed by atoms with Crippen LogP contribution >= 0.6 is 11.8 Å². The Morgan fingerprint density at radius 1 is 1.31 bits per heavy atom. The van der Waals surface area contributed by atoms with E-state index in [0.29, 0.717) is 0 Å². The van der Waals surface area contributed by atoms with Gasteiger partial charge in [-0.1, -0.05) is 25.5 Å². The van der Waals surface area contributed by atoms with Crippen LogP contribution in [-0.2, 0) is 0 Å². The number of unbranched alkanes of at least 4 members (excludes halogenated alkanes) is 1. The predicted octanol–water partition coefficient (Wildman–Crippen LogP) is 3.71. The minimum atomic E-state index is 0.808.